The molecular weight excluding hydrogens is 322 g/mol. The van der Waals surface area contributed by atoms with Crippen molar-refractivity contribution in [1.82, 2.24) is 10.3 Å². The zero-order valence-electron chi connectivity index (χ0n) is 15.0. The third-order valence-electron chi connectivity index (χ3n) is 4.72. The van der Waals surface area contributed by atoms with Crippen LogP contribution >= 0.6 is 0 Å². The molecule has 136 valence electrons. The Hall–Kier alpha value is -2.15. The van der Waals surface area contributed by atoms with Crippen LogP contribution in [-0.2, 0) is 16.0 Å². The van der Waals surface area contributed by atoms with Crippen LogP contribution in [0.1, 0.15) is 56.2 Å². The average molecular weight is 347 g/mol. The van der Waals surface area contributed by atoms with E-state index in [0.29, 0.717) is 12.1 Å². The van der Waals surface area contributed by atoms with E-state index in [2.05, 4.69) is 24.3 Å². The topological polar surface area (TPSA) is 95.1 Å². The van der Waals surface area contributed by atoms with E-state index >= 15 is 0 Å². The first-order valence-corrected chi connectivity index (χ1v) is 8.68. The summed E-state index contributed by atoms with van der Waals surface area (Å²) in [5.41, 5.74) is 1.39. The molecule has 1 atom stereocenters. The summed E-state index contributed by atoms with van der Waals surface area (Å²) in [6, 6.07) is 1.86. The first-order valence-electron chi connectivity index (χ1n) is 8.68. The fourth-order valence-electron chi connectivity index (χ4n) is 3.59. The summed E-state index contributed by atoms with van der Waals surface area (Å²) >= 11 is 0. The van der Waals surface area contributed by atoms with Crippen molar-refractivity contribution in [2.24, 2.45) is 10.5 Å². The molecule has 2 aliphatic rings. The molecule has 1 aromatic heterocycles. The lowest BCUT2D eigenvalue weighted by Gasteiger charge is -2.35. The monoisotopic (exact) mass is 347 g/mol. The van der Waals surface area contributed by atoms with E-state index in [1.807, 2.05) is 13.0 Å². The molecule has 1 unspecified atom stereocenters. The second kappa shape index (κ2) is 6.63. The number of nitrogens with one attached hydrogen (secondary N) is 1. The number of nitrogens with zero attached hydrogens (tertiary/aromatic N) is 2. The van der Waals surface area contributed by atoms with Gasteiger partial charge in [0.15, 0.2) is 0 Å². The quantitative estimate of drug-likeness (QED) is 0.866. The summed E-state index contributed by atoms with van der Waals surface area (Å²) in [5, 5.41) is 17.4. The van der Waals surface area contributed by atoms with Crippen molar-refractivity contribution in [2.45, 2.75) is 52.5 Å². The predicted octanol–water partition coefficient (Wildman–Crippen LogP) is 1.69. The van der Waals surface area contributed by atoms with Crippen LogP contribution < -0.4 is 5.32 Å². The first kappa shape index (κ1) is 17.7. The van der Waals surface area contributed by atoms with Gasteiger partial charge < -0.3 is 14.8 Å². The Morgan fingerprint density at radius 3 is 2.96 bits per heavy atom. The lowest BCUT2D eigenvalue weighted by molar-refractivity contribution is -0.132. The summed E-state index contributed by atoms with van der Waals surface area (Å²) in [6.07, 6.45) is 2.22. The summed E-state index contributed by atoms with van der Waals surface area (Å²) in [5.74, 6) is 1.35. The van der Waals surface area contributed by atoms with Crippen molar-refractivity contribution < 1.29 is 19.1 Å². The van der Waals surface area contributed by atoms with Gasteiger partial charge in [0.25, 0.3) is 5.91 Å². The maximum atomic E-state index is 12.7. The van der Waals surface area contributed by atoms with Crippen molar-refractivity contribution in [3.8, 4) is 0 Å². The van der Waals surface area contributed by atoms with Crippen LogP contribution in [0.3, 0.4) is 0 Å². The number of hydrogen-bond donors (Lipinski definition) is 2. The van der Waals surface area contributed by atoms with Gasteiger partial charge in [0.05, 0.1) is 19.2 Å². The van der Waals surface area contributed by atoms with Crippen LogP contribution in [0.4, 0.5) is 0 Å². The molecule has 3 rings (SSSR count). The van der Waals surface area contributed by atoms with Crippen molar-refractivity contribution in [2.75, 3.05) is 13.2 Å². The Morgan fingerprint density at radius 2 is 2.24 bits per heavy atom. The fraction of sp³-hybridized carbons (Fsp3) is 0.611. The molecule has 0 bridgehead atoms. The van der Waals surface area contributed by atoms with E-state index in [1.54, 1.807) is 0 Å². The van der Waals surface area contributed by atoms with Gasteiger partial charge in [-0.15, -0.1) is 0 Å². The summed E-state index contributed by atoms with van der Waals surface area (Å²) < 4.78 is 5.80. The summed E-state index contributed by atoms with van der Waals surface area (Å²) in [6.45, 7) is 6.16. The molecule has 0 fully saturated rings. The number of aryl methyl sites for hydroxylation is 1. The number of β-amino-alcohol motifs (C(OH)–C–C–N with tert-alkyl or cyclic N) is 1. The molecule has 7 nitrogen and oxygen atoms in total. The summed E-state index contributed by atoms with van der Waals surface area (Å²) in [4.78, 5) is 24.4. The molecular formula is C18H25N3O4. The maximum Gasteiger partial charge on any atom is 0.267 e. The number of fused-ring (bicyclic) bond motifs is 1. The molecule has 0 radical (unpaired) electrons. The minimum atomic E-state index is -0.261. The maximum absolute atomic E-state index is 12.7. The standard InChI is InChI=1S/C18H25N3O4/c1-11-8-12-14(9-18(2,3)10-15(12)25-11)19-17(24)13-4-5-16(23)21(20-13)6-7-22/h8,14,22H,4-7,9-10H2,1-3H3,(H,19,24). The van der Waals surface area contributed by atoms with Gasteiger partial charge in [-0.25, -0.2) is 5.01 Å². The summed E-state index contributed by atoms with van der Waals surface area (Å²) in [7, 11) is 0. The van der Waals surface area contributed by atoms with Gasteiger partial charge in [-0.3, -0.25) is 9.59 Å². The Labute approximate surface area is 147 Å². The molecule has 25 heavy (non-hydrogen) atoms. The van der Waals surface area contributed by atoms with E-state index in [9.17, 15) is 9.59 Å². The van der Waals surface area contributed by atoms with Crippen molar-refractivity contribution in [3.05, 3.63) is 23.2 Å². The van der Waals surface area contributed by atoms with Gasteiger partial charge in [-0.05, 0) is 24.8 Å². The molecule has 1 aliphatic heterocycles. The zero-order chi connectivity index (χ0) is 18.2. The van der Waals surface area contributed by atoms with Crippen molar-refractivity contribution >= 4 is 17.5 Å². The number of furan rings is 1. The largest absolute Gasteiger partial charge is 0.466 e. The molecule has 0 saturated carbocycles. The number of hydrazone groups is 1. The highest BCUT2D eigenvalue weighted by Crippen LogP contribution is 2.42. The minimum Gasteiger partial charge on any atom is -0.466 e. The number of aliphatic hydroxyl groups excluding tert-OH is 1. The number of hydrogen-bond acceptors (Lipinski definition) is 5. The first-order chi connectivity index (χ1) is 11.8. The molecule has 0 aromatic carbocycles. The lowest BCUT2D eigenvalue weighted by Crippen LogP contribution is -2.43. The van der Waals surface area contributed by atoms with Gasteiger partial charge >= 0.3 is 0 Å². The number of aliphatic hydroxyl groups is 1. The highest BCUT2D eigenvalue weighted by Gasteiger charge is 2.36. The smallest absolute Gasteiger partial charge is 0.267 e. The SMILES string of the molecule is Cc1cc2c(o1)CC(C)(C)CC2NC(=O)C1=NN(CCO)C(=O)CC1. The fourth-order valence-corrected chi connectivity index (χ4v) is 3.59. The van der Waals surface area contributed by atoms with Gasteiger partial charge in [-0.2, -0.15) is 5.10 Å². The number of amides is 2. The number of carbonyl (C=O) groups is 2. The zero-order valence-corrected chi connectivity index (χ0v) is 15.0. The van der Waals surface area contributed by atoms with Crippen LogP contribution in [0, 0.1) is 12.3 Å². The highest BCUT2D eigenvalue weighted by molar-refractivity contribution is 6.39. The Bertz CT molecular complexity index is 720. The van der Waals surface area contributed by atoms with E-state index in [4.69, 9.17) is 9.52 Å². The molecule has 2 N–H and O–H groups in total. The van der Waals surface area contributed by atoms with Gasteiger partial charge in [-0.1, -0.05) is 13.8 Å². The second-order valence-corrected chi connectivity index (χ2v) is 7.59. The van der Waals surface area contributed by atoms with E-state index in [-0.39, 0.29) is 42.8 Å². The third-order valence-corrected chi connectivity index (χ3v) is 4.72. The van der Waals surface area contributed by atoms with Crippen molar-refractivity contribution in [3.63, 3.8) is 0 Å². The van der Waals surface area contributed by atoms with E-state index in [0.717, 1.165) is 29.9 Å². The molecule has 1 aromatic rings. The molecule has 0 saturated heterocycles. The number of rotatable bonds is 4. The predicted molar refractivity (Wildman–Crippen MR) is 91.9 cm³/mol. The molecule has 2 heterocycles. The Morgan fingerprint density at radius 1 is 1.48 bits per heavy atom. The van der Waals surface area contributed by atoms with Gasteiger partial charge in [0, 0.05) is 24.8 Å². The van der Waals surface area contributed by atoms with Crippen LogP contribution in [-0.4, -0.2) is 40.8 Å². The third kappa shape index (κ3) is 3.76. The van der Waals surface area contributed by atoms with Crippen LogP contribution in [0.5, 0.6) is 0 Å². The average Bonchev–Trinajstić information content (AvgIpc) is 2.88. The van der Waals surface area contributed by atoms with E-state index < -0.39 is 0 Å². The molecule has 1 aliphatic carbocycles. The van der Waals surface area contributed by atoms with Crippen LogP contribution in [0.25, 0.3) is 0 Å². The van der Waals surface area contributed by atoms with Crippen LogP contribution in [0.15, 0.2) is 15.6 Å². The minimum absolute atomic E-state index is 0.0303. The van der Waals surface area contributed by atoms with Gasteiger partial charge in [0.2, 0.25) is 5.91 Å². The molecule has 0 spiro atoms. The number of carbonyl (C=O) groups excluding carboxylic acids is 2. The molecule has 2 amide bonds. The molecule has 7 heteroatoms. The Kier molecular flexibility index (Phi) is 4.69. The normalized spacial score (nSPS) is 22.4. The van der Waals surface area contributed by atoms with Gasteiger partial charge in [0.1, 0.15) is 17.2 Å². The van der Waals surface area contributed by atoms with Crippen LogP contribution in [0.2, 0.25) is 0 Å². The Balaban J connectivity index is 1.78. The lowest BCUT2D eigenvalue weighted by atomic mass is 9.74. The van der Waals surface area contributed by atoms with Crippen molar-refractivity contribution in [1.29, 1.82) is 0 Å². The highest BCUT2D eigenvalue weighted by atomic mass is 16.3. The van der Waals surface area contributed by atoms with E-state index in [1.165, 1.54) is 5.01 Å². The second-order valence-electron chi connectivity index (χ2n) is 7.59.